The highest BCUT2D eigenvalue weighted by Crippen LogP contribution is 2.32. The maximum absolute atomic E-state index is 13.7. The Balaban J connectivity index is 1.49. The predicted molar refractivity (Wildman–Crippen MR) is 152 cm³/mol. The molecule has 4 unspecified atom stereocenters. The average molecular weight is 581 g/mol. The van der Waals surface area contributed by atoms with E-state index < -0.39 is 42.1 Å². The summed E-state index contributed by atoms with van der Waals surface area (Å²) in [7, 11) is 1.55. The van der Waals surface area contributed by atoms with Crippen molar-refractivity contribution >= 4 is 23.9 Å². The first-order chi connectivity index (χ1) is 20.4. The molecule has 0 saturated carbocycles. The fraction of sp³-hybridized carbons (Fsp3) is 0.387. The highest BCUT2D eigenvalue weighted by atomic mass is 16.7. The van der Waals surface area contributed by atoms with Crippen LogP contribution in [-0.2, 0) is 35.0 Å². The van der Waals surface area contributed by atoms with E-state index in [1.165, 1.54) is 11.2 Å². The number of ether oxygens (including phenoxy) is 4. The van der Waals surface area contributed by atoms with Crippen molar-refractivity contribution in [2.75, 3.05) is 40.2 Å². The summed E-state index contributed by atoms with van der Waals surface area (Å²) in [6.45, 7) is -0.114. The van der Waals surface area contributed by atoms with Gasteiger partial charge >= 0.3 is 5.97 Å². The van der Waals surface area contributed by atoms with Gasteiger partial charge in [-0.05, 0) is 35.4 Å². The zero-order valence-electron chi connectivity index (χ0n) is 23.4. The quantitative estimate of drug-likeness (QED) is 0.182. The van der Waals surface area contributed by atoms with Crippen molar-refractivity contribution in [3.05, 3.63) is 89.2 Å². The van der Waals surface area contributed by atoms with Crippen molar-refractivity contribution in [1.29, 1.82) is 0 Å². The van der Waals surface area contributed by atoms with E-state index in [0.29, 0.717) is 16.7 Å². The van der Waals surface area contributed by atoms with Crippen LogP contribution in [0.4, 0.5) is 0 Å². The molecule has 2 amide bonds. The molecule has 0 bridgehead atoms. The number of carbonyl (C=O) groups is 3. The highest BCUT2D eigenvalue weighted by Gasteiger charge is 2.43. The molecule has 2 aromatic rings. The minimum absolute atomic E-state index is 0.00842. The molecule has 42 heavy (non-hydrogen) atoms. The number of carbonyl (C=O) groups excluding carboxylic acids is 3. The Labute approximate surface area is 244 Å². The van der Waals surface area contributed by atoms with Crippen molar-refractivity contribution in [2.24, 2.45) is 0 Å². The molecule has 3 N–H and O–H groups in total. The van der Waals surface area contributed by atoms with Crippen LogP contribution in [0.25, 0.3) is 6.08 Å². The van der Waals surface area contributed by atoms with Crippen molar-refractivity contribution in [3.63, 3.8) is 0 Å². The maximum Gasteiger partial charge on any atom is 0.338 e. The zero-order valence-corrected chi connectivity index (χ0v) is 23.4. The van der Waals surface area contributed by atoms with Crippen molar-refractivity contribution in [2.45, 2.75) is 37.2 Å². The molecule has 2 aromatic carbocycles. The molecule has 1 heterocycles. The van der Waals surface area contributed by atoms with E-state index in [1.807, 2.05) is 30.3 Å². The van der Waals surface area contributed by atoms with Crippen LogP contribution in [0.1, 0.15) is 27.9 Å². The number of aliphatic hydroxyl groups is 2. The SMILES string of the molecule is CN(C(=O)C1=CC2OCOC2C(OC(=O)c2cccc(C=COCCO)c2)C1)C(Cc1ccccc1)C(=O)NCCO. The van der Waals surface area contributed by atoms with Crippen LogP contribution in [0.5, 0.6) is 0 Å². The maximum atomic E-state index is 13.7. The van der Waals surface area contributed by atoms with Crippen LogP contribution >= 0.6 is 0 Å². The number of rotatable bonds is 13. The van der Waals surface area contributed by atoms with E-state index in [4.69, 9.17) is 24.1 Å². The van der Waals surface area contributed by atoms with E-state index >= 15 is 0 Å². The lowest BCUT2D eigenvalue weighted by Gasteiger charge is -2.33. The first-order valence-electron chi connectivity index (χ1n) is 13.7. The second-order valence-corrected chi connectivity index (χ2v) is 9.88. The largest absolute Gasteiger partial charge is 0.499 e. The molecular formula is C31H36N2O9. The normalized spacial score (nSPS) is 20.4. The molecule has 0 radical (unpaired) electrons. The third-order valence-corrected chi connectivity index (χ3v) is 6.99. The fourth-order valence-corrected chi connectivity index (χ4v) is 4.84. The van der Waals surface area contributed by atoms with Crippen LogP contribution in [0.2, 0.25) is 0 Å². The smallest absolute Gasteiger partial charge is 0.338 e. The number of hydrogen-bond donors (Lipinski definition) is 3. The third kappa shape index (κ3) is 8.04. The molecule has 224 valence electrons. The Morgan fingerprint density at radius 1 is 1.10 bits per heavy atom. The minimum Gasteiger partial charge on any atom is -0.499 e. The monoisotopic (exact) mass is 580 g/mol. The first-order valence-corrected chi connectivity index (χ1v) is 13.7. The molecule has 4 rings (SSSR count). The summed E-state index contributed by atoms with van der Waals surface area (Å²) in [5.41, 5.74) is 2.21. The lowest BCUT2D eigenvalue weighted by atomic mass is 9.90. The number of hydrogen-bond acceptors (Lipinski definition) is 9. The van der Waals surface area contributed by atoms with Crippen molar-refractivity contribution in [1.82, 2.24) is 10.2 Å². The number of esters is 1. The Kier molecular flexibility index (Phi) is 11.2. The number of nitrogens with zero attached hydrogens (tertiary/aromatic N) is 1. The van der Waals surface area contributed by atoms with E-state index in [2.05, 4.69) is 5.32 Å². The first kappa shape index (κ1) is 30.9. The van der Waals surface area contributed by atoms with Crippen LogP contribution in [0.15, 0.2) is 72.5 Å². The number of amides is 2. The van der Waals surface area contributed by atoms with Gasteiger partial charge in [-0.15, -0.1) is 0 Å². The summed E-state index contributed by atoms with van der Waals surface area (Å²) in [5, 5.41) is 20.7. The number of benzene rings is 2. The second kappa shape index (κ2) is 15.3. The predicted octanol–water partition coefficient (Wildman–Crippen LogP) is 1.44. The summed E-state index contributed by atoms with van der Waals surface area (Å²) in [6.07, 6.45) is 3.13. The summed E-state index contributed by atoms with van der Waals surface area (Å²) in [6, 6.07) is 15.3. The number of likely N-dealkylation sites (N-methyl/N-ethyl adjacent to an activating group) is 1. The lowest BCUT2D eigenvalue weighted by Crippen LogP contribution is -2.51. The zero-order chi connectivity index (χ0) is 29.9. The van der Waals surface area contributed by atoms with Gasteiger partial charge in [0.1, 0.15) is 37.8 Å². The van der Waals surface area contributed by atoms with Crippen LogP contribution in [0, 0.1) is 0 Å². The average Bonchev–Trinajstić information content (AvgIpc) is 3.50. The van der Waals surface area contributed by atoms with Gasteiger partial charge in [-0.25, -0.2) is 4.79 Å². The molecule has 11 nitrogen and oxygen atoms in total. The fourth-order valence-electron chi connectivity index (χ4n) is 4.84. The van der Waals surface area contributed by atoms with Gasteiger partial charge in [0.15, 0.2) is 0 Å². The lowest BCUT2D eigenvalue weighted by molar-refractivity contribution is -0.137. The van der Waals surface area contributed by atoms with Gasteiger partial charge in [0.05, 0.1) is 25.0 Å². The van der Waals surface area contributed by atoms with E-state index in [-0.39, 0.29) is 46.0 Å². The van der Waals surface area contributed by atoms with Crippen LogP contribution < -0.4 is 5.32 Å². The van der Waals surface area contributed by atoms with E-state index in [0.717, 1.165) is 5.56 Å². The Hall–Kier alpha value is -4.03. The van der Waals surface area contributed by atoms with Crippen LogP contribution in [0.3, 0.4) is 0 Å². The summed E-state index contributed by atoms with van der Waals surface area (Å²) in [4.78, 5) is 41.3. The third-order valence-electron chi connectivity index (χ3n) is 6.99. The summed E-state index contributed by atoms with van der Waals surface area (Å²) >= 11 is 0. The Bertz CT molecular complexity index is 1280. The molecule has 2 aliphatic rings. The van der Waals surface area contributed by atoms with Gasteiger partial charge in [-0.2, -0.15) is 0 Å². The van der Waals surface area contributed by atoms with Gasteiger partial charge in [0.25, 0.3) is 0 Å². The Morgan fingerprint density at radius 2 is 1.90 bits per heavy atom. The van der Waals surface area contributed by atoms with Gasteiger partial charge in [-0.3, -0.25) is 9.59 Å². The van der Waals surface area contributed by atoms with E-state index in [9.17, 15) is 19.5 Å². The molecule has 1 aliphatic heterocycles. The number of nitrogens with one attached hydrogen (secondary N) is 1. The Morgan fingerprint density at radius 3 is 2.67 bits per heavy atom. The molecule has 1 fully saturated rings. The molecular weight excluding hydrogens is 544 g/mol. The van der Waals surface area contributed by atoms with Gasteiger partial charge in [0.2, 0.25) is 11.8 Å². The minimum atomic E-state index is -0.844. The molecule has 11 heteroatoms. The second-order valence-electron chi connectivity index (χ2n) is 9.88. The van der Waals surface area contributed by atoms with Gasteiger partial charge in [0, 0.05) is 32.0 Å². The van der Waals surface area contributed by atoms with Crippen LogP contribution in [-0.4, -0.2) is 97.5 Å². The molecule has 1 saturated heterocycles. The summed E-state index contributed by atoms with van der Waals surface area (Å²) in [5.74, 6) is -1.38. The van der Waals surface area contributed by atoms with Crippen molar-refractivity contribution < 1.29 is 43.5 Å². The highest BCUT2D eigenvalue weighted by molar-refractivity contribution is 5.97. The molecule has 0 aromatic heterocycles. The molecule has 4 atom stereocenters. The summed E-state index contributed by atoms with van der Waals surface area (Å²) < 4.78 is 22.4. The van der Waals surface area contributed by atoms with Gasteiger partial charge in [-0.1, -0.05) is 42.5 Å². The van der Waals surface area contributed by atoms with Crippen molar-refractivity contribution in [3.8, 4) is 0 Å². The molecule has 0 spiro atoms. The van der Waals surface area contributed by atoms with Gasteiger partial charge < -0.3 is 39.4 Å². The molecule has 1 aliphatic carbocycles. The number of fused-ring (bicyclic) bond motifs is 1. The topological polar surface area (TPSA) is 144 Å². The number of aliphatic hydroxyl groups excluding tert-OH is 2. The standard InChI is InChI=1S/C31H36N2O9/c1-33(25(29(36)32-11-12-34)17-21-6-3-2-4-7-21)30(37)24-18-26-28(41-20-40-26)27(19-24)42-31(38)23-9-5-8-22(16-23)10-14-39-15-13-35/h2-10,14,16,18,25-28,34-35H,11-13,15,17,19-20H2,1H3,(H,32,36). The van der Waals surface area contributed by atoms with E-state index in [1.54, 1.807) is 43.5 Å².